The Hall–Kier alpha value is -3.12. The molecule has 6 heteroatoms. The van der Waals surface area contributed by atoms with Crippen LogP contribution in [0, 0.1) is 6.92 Å². The zero-order chi connectivity index (χ0) is 20.1. The molecule has 0 bridgehead atoms. The van der Waals surface area contributed by atoms with Gasteiger partial charge in [-0.1, -0.05) is 42.5 Å². The normalized spacial score (nSPS) is 10.4. The first-order chi connectivity index (χ1) is 13.6. The fraction of sp³-hybridized carbons (Fsp3) is 0.182. The third-order valence-corrected chi connectivity index (χ3v) is 5.23. The van der Waals surface area contributed by atoms with E-state index in [0.29, 0.717) is 21.9 Å². The summed E-state index contributed by atoms with van der Waals surface area (Å²) in [4.78, 5) is 26.5. The topological polar surface area (TPSA) is 64.6 Å². The largest absolute Gasteiger partial charge is 0.496 e. The van der Waals surface area contributed by atoms with Crippen molar-refractivity contribution in [2.24, 2.45) is 0 Å². The number of benzene rings is 2. The SMILES string of the molecule is CCOC(=O)c1c(NC(=O)c2ccccc2OC)sc(C)c1-c1ccccc1. The second-order valence-corrected chi connectivity index (χ2v) is 7.20. The monoisotopic (exact) mass is 395 g/mol. The van der Waals surface area contributed by atoms with Crippen molar-refractivity contribution in [3.8, 4) is 16.9 Å². The maximum Gasteiger partial charge on any atom is 0.341 e. The molecule has 5 nitrogen and oxygen atoms in total. The summed E-state index contributed by atoms with van der Waals surface area (Å²) in [6.45, 7) is 3.93. The number of carbonyl (C=O) groups is 2. The molecule has 0 unspecified atom stereocenters. The lowest BCUT2D eigenvalue weighted by Crippen LogP contribution is -2.15. The Labute approximate surface area is 167 Å². The van der Waals surface area contributed by atoms with Gasteiger partial charge in [0, 0.05) is 10.4 Å². The lowest BCUT2D eigenvalue weighted by atomic mass is 10.0. The first kappa shape index (κ1) is 19.6. The van der Waals surface area contributed by atoms with E-state index in [-0.39, 0.29) is 12.5 Å². The van der Waals surface area contributed by atoms with Crippen molar-refractivity contribution in [3.05, 3.63) is 70.6 Å². The summed E-state index contributed by atoms with van der Waals surface area (Å²) in [5, 5.41) is 3.33. The molecule has 0 aliphatic carbocycles. The lowest BCUT2D eigenvalue weighted by Gasteiger charge is -2.10. The fourth-order valence-electron chi connectivity index (χ4n) is 2.99. The van der Waals surface area contributed by atoms with Crippen LogP contribution >= 0.6 is 11.3 Å². The van der Waals surface area contributed by atoms with Crippen molar-refractivity contribution in [1.29, 1.82) is 0 Å². The van der Waals surface area contributed by atoms with Gasteiger partial charge in [-0.05, 0) is 31.5 Å². The number of hydrogen-bond acceptors (Lipinski definition) is 5. The molecule has 1 amide bonds. The quantitative estimate of drug-likeness (QED) is 0.586. The number of anilines is 1. The molecule has 3 aromatic rings. The van der Waals surface area contributed by atoms with E-state index >= 15 is 0 Å². The second kappa shape index (κ2) is 8.71. The molecule has 0 saturated heterocycles. The second-order valence-electron chi connectivity index (χ2n) is 5.98. The summed E-state index contributed by atoms with van der Waals surface area (Å²) in [7, 11) is 1.51. The highest BCUT2D eigenvalue weighted by atomic mass is 32.1. The fourth-order valence-corrected chi connectivity index (χ4v) is 4.05. The highest BCUT2D eigenvalue weighted by Crippen LogP contribution is 2.40. The first-order valence-corrected chi connectivity index (χ1v) is 9.68. The maximum atomic E-state index is 12.8. The third kappa shape index (κ3) is 3.92. The molecule has 0 atom stereocenters. The van der Waals surface area contributed by atoms with Crippen LogP contribution in [-0.2, 0) is 4.74 Å². The van der Waals surface area contributed by atoms with Crippen LogP contribution in [0.25, 0.3) is 11.1 Å². The summed E-state index contributed by atoms with van der Waals surface area (Å²) in [5.41, 5.74) is 2.45. The molecule has 1 heterocycles. The minimum atomic E-state index is -0.457. The molecule has 0 spiro atoms. The first-order valence-electron chi connectivity index (χ1n) is 8.87. The van der Waals surface area contributed by atoms with Crippen LogP contribution in [0.1, 0.15) is 32.5 Å². The Kier molecular flexibility index (Phi) is 6.11. The van der Waals surface area contributed by atoms with Crippen molar-refractivity contribution in [2.75, 3.05) is 19.0 Å². The average Bonchev–Trinajstić information content (AvgIpc) is 3.04. The molecule has 2 aromatic carbocycles. The summed E-state index contributed by atoms with van der Waals surface area (Å²) in [6.07, 6.45) is 0. The van der Waals surface area contributed by atoms with Gasteiger partial charge < -0.3 is 14.8 Å². The number of para-hydroxylation sites is 1. The van der Waals surface area contributed by atoms with Crippen molar-refractivity contribution < 1.29 is 19.1 Å². The van der Waals surface area contributed by atoms with Gasteiger partial charge in [0.1, 0.15) is 16.3 Å². The van der Waals surface area contributed by atoms with E-state index in [1.54, 1.807) is 31.2 Å². The Bertz CT molecular complexity index is 995. The number of esters is 1. The number of amides is 1. The van der Waals surface area contributed by atoms with Crippen molar-refractivity contribution in [3.63, 3.8) is 0 Å². The number of rotatable bonds is 6. The zero-order valence-electron chi connectivity index (χ0n) is 15.9. The van der Waals surface area contributed by atoms with Gasteiger partial charge in [0.15, 0.2) is 0 Å². The number of carbonyl (C=O) groups excluding carboxylic acids is 2. The number of methoxy groups -OCH3 is 1. The Morgan fingerprint density at radius 2 is 1.71 bits per heavy atom. The summed E-state index contributed by atoms with van der Waals surface area (Å²) in [6, 6.07) is 16.6. The van der Waals surface area contributed by atoms with E-state index in [4.69, 9.17) is 9.47 Å². The molecule has 1 aromatic heterocycles. The van der Waals surface area contributed by atoms with Crippen molar-refractivity contribution in [2.45, 2.75) is 13.8 Å². The van der Waals surface area contributed by atoms with Gasteiger partial charge >= 0.3 is 5.97 Å². The van der Waals surface area contributed by atoms with E-state index in [1.807, 2.05) is 37.3 Å². The van der Waals surface area contributed by atoms with Crippen LogP contribution < -0.4 is 10.1 Å². The number of ether oxygens (including phenoxy) is 2. The molecule has 0 radical (unpaired) electrons. The van der Waals surface area contributed by atoms with Crippen LogP contribution in [0.4, 0.5) is 5.00 Å². The number of nitrogens with one attached hydrogen (secondary N) is 1. The molecule has 0 aliphatic heterocycles. The number of aryl methyl sites for hydroxylation is 1. The van der Waals surface area contributed by atoms with Crippen LogP contribution in [0.3, 0.4) is 0 Å². The highest BCUT2D eigenvalue weighted by molar-refractivity contribution is 7.17. The van der Waals surface area contributed by atoms with Gasteiger partial charge in [0.05, 0.1) is 19.3 Å². The average molecular weight is 395 g/mol. The van der Waals surface area contributed by atoms with Crippen LogP contribution in [0.2, 0.25) is 0 Å². The Morgan fingerprint density at radius 1 is 1.04 bits per heavy atom. The highest BCUT2D eigenvalue weighted by Gasteiger charge is 2.26. The standard InChI is InChI=1S/C22H21NO4S/c1-4-27-22(25)19-18(15-10-6-5-7-11-15)14(2)28-21(19)23-20(24)16-12-8-9-13-17(16)26-3/h5-13H,4H2,1-3H3,(H,23,24). The minimum Gasteiger partial charge on any atom is -0.496 e. The molecule has 144 valence electrons. The molecular weight excluding hydrogens is 374 g/mol. The molecule has 0 saturated carbocycles. The predicted octanol–water partition coefficient (Wildman–Crippen LogP) is 5.16. The molecule has 0 aliphatic rings. The smallest absolute Gasteiger partial charge is 0.341 e. The van der Waals surface area contributed by atoms with E-state index in [2.05, 4.69) is 5.32 Å². The van der Waals surface area contributed by atoms with Crippen LogP contribution in [0.15, 0.2) is 54.6 Å². The molecule has 28 heavy (non-hydrogen) atoms. The van der Waals surface area contributed by atoms with Gasteiger partial charge in [-0.25, -0.2) is 4.79 Å². The van der Waals surface area contributed by atoms with Gasteiger partial charge in [-0.2, -0.15) is 0 Å². The van der Waals surface area contributed by atoms with Crippen LogP contribution in [0.5, 0.6) is 5.75 Å². The van der Waals surface area contributed by atoms with E-state index in [9.17, 15) is 9.59 Å². The Balaban J connectivity index is 2.06. The zero-order valence-corrected chi connectivity index (χ0v) is 16.8. The van der Waals surface area contributed by atoms with Gasteiger partial charge in [-0.15, -0.1) is 11.3 Å². The van der Waals surface area contributed by atoms with Gasteiger partial charge in [-0.3, -0.25) is 4.79 Å². The molecular formula is C22H21NO4S. The Morgan fingerprint density at radius 3 is 2.39 bits per heavy atom. The summed E-state index contributed by atoms with van der Waals surface area (Å²) >= 11 is 1.35. The number of hydrogen-bond donors (Lipinski definition) is 1. The van der Waals surface area contributed by atoms with Crippen molar-refractivity contribution >= 4 is 28.2 Å². The third-order valence-electron chi connectivity index (χ3n) is 4.20. The van der Waals surface area contributed by atoms with E-state index < -0.39 is 5.97 Å². The van der Waals surface area contributed by atoms with Crippen LogP contribution in [-0.4, -0.2) is 25.6 Å². The number of thiophene rings is 1. The van der Waals surface area contributed by atoms with Gasteiger partial charge in [0.2, 0.25) is 0 Å². The summed E-state index contributed by atoms with van der Waals surface area (Å²) < 4.78 is 10.5. The van der Waals surface area contributed by atoms with Gasteiger partial charge in [0.25, 0.3) is 5.91 Å². The minimum absolute atomic E-state index is 0.252. The molecule has 3 rings (SSSR count). The van der Waals surface area contributed by atoms with E-state index in [0.717, 1.165) is 16.0 Å². The predicted molar refractivity (Wildman–Crippen MR) is 111 cm³/mol. The molecule has 0 fully saturated rings. The van der Waals surface area contributed by atoms with E-state index in [1.165, 1.54) is 18.4 Å². The van der Waals surface area contributed by atoms with Crippen molar-refractivity contribution in [1.82, 2.24) is 0 Å². The lowest BCUT2D eigenvalue weighted by molar-refractivity contribution is 0.0529. The maximum absolute atomic E-state index is 12.8. The molecule has 1 N–H and O–H groups in total. The summed E-state index contributed by atoms with van der Waals surface area (Å²) in [5.74, 6) is -0.334.